The van der Waals surface area contributed by atoms with Crippen molar-refractivity contribution < 1.29 is 34.8 Å². The number of likely N-dealkylation sites (N-methyl/N-ethyl adjacent to an activating group) is 1. The lowest BCUT2D eigenvalue weighted by atomic mass is 9.57. The Morgan fingerprint density at radius 1 is 1.00 bits per heavy atom. The predicted octanol–water partition coefficient (Wildman–Crippen LogP) is 1.66. The number of rotatable bonds is 8. The minimum absolute atomic E-state index is 0.0575. The van der Waals surface area contributed by atoms with E-state index >= 15 is 0 Å². The number of nitrogens with two attached hydrogens (primary N) is 1. The van der Waals surface area contributed by atoms with Gasteiger partial charge < -0.3 is 36.0 Å². The Kier molecular flexibility index (Phi) is 7.68. The Morgan fingerprint density at radius 2 is 1.55 bits per heavy atom. The van der Waals surface area contributed by atoms with Crippen molar-refractivity contribution in [3.8, 4) is 5.75 Å². The van der Waals surface area contributed by atoms with Gasteiger partial charge in [-0.3, -0.25) is 19.3 Å². The summed E-state index contributed by atoms with van der Waals surface area (Å²) in [5.74, 6) is -6.50. The molecule has 1 saturated carbocycles. The van der Waals surface area contributed by atoms with Gasteiger partial charge in [-0.05, 0) is 72.2 Å². The Labute approximate surface area is 234 Å². The first-order valence-corrected chi connectivity index (χ1v) is 13.8. The van der Waals surface area contributed by atoms with Crippen molar-refractivity contribution in [2.75, 3.05) is 50.1 Å². The Hall–Kier alpha value is -3.57. The number of hydrogen-bond acceptors (Lipinski definition) is 10. The molecule has 4 atom stereocenters. The number of nitrogens with zero attached hydrogens (tertiary/aromatic N) is 3. The molecule has 0 radical (unpaired) electrons. The number of carbonyl (C=O) groups excluding carboxylic acids is 3. The molecule has 1 amide bonds. The molecule has 1 aromatic rings. The molecule has 3 aliphatic rings. The van der Waals surface area contributed by atoms with Crippen LogP contribution in [0.25, 0.3) is 5.76 Å². The summed E-state index contributed by atoms with van der Waals surface area (Å²) < 4.78 is 0. The number of benzene rings is 1. The molecular formula is C29H40N4O7. The fourth-order valence-corrected chi connectivity index (χ4v) is 6.93. The molecule has 0 saturated heterocycles. The van der Waals surface area contributed by atoms with Gasteiger partial charge in [-0.25, -0.2) is 0 Å². The Balaban J connectivity index is 2.03. The summed E-state index contributed by atoms with van der Waals surface area (Å²) in [6.07, 6.45) is 0.314. The summed E-state index contributed by atoms with van der Waals surface area (Å²) in [5.41, 5.74) is 3.88. The van der Waals surface area contributed by atoms with Crippen LogP contribution in [0, 0.1) is 11.8 Å². The SMILES string of the molecule is CCN(CC)c1cc(N(CC)CC)c2c(c1O)C(O)=C1C(=O)[C@]3(O)C(O)=C(C(N)=O)C(=O)[C@@H](N(C)C)[C@@H]3C[C@@H]1C2. The van der Waals surface area contributed by atoms with E-state index in [9.17, 15) is 34.8 Å². The van der Waals surface area contributed by atoms with Crippen LogP contribution in [0.3, 0.4) is 0 Å². The first kappa shape index (κ1) is 29.4. The molecule has 6 N–H and O–H groups in total. The van der Waals surface area contributed by atoms with Gasteiger partial charge in [-0.1, -0.05) is 0 Å². The molecule has 0 aromatic heterocycles. The van der Waals surface area contributed by atoms with Crippen molar-refractivity contribution in [3.63, 3.8) is 0 Å². The molecule has 0 unspecified atom stereocenters. The topological polar surface area (TPSA) is 168 Å². The molecule has 0 bridgehead atoms. The van der Waals surface area contributed by atoms with Crippen LogP contribution in [0.4, 0.5) is 11.4 Å². The van der Waals surface area contributed by atoms with Gasteiger partial charge in [0.15, 0.2) is 11.4 Å². The van der Waals surface area contributed by atoms with E-state index in [1.54, 1.807) is 14.1 Å². The van der Waals surface area contributed by atoms with Crippen molar-refractivity contribution in [1.82, 2.24) is 4.90 Å². The van der Waals surface area contributed by atoms with Crippen molar-refractivity contribution >= 4 is 34.6 Å². The van der Waals surface area contributed by atoms with Crippen LogP contribution < -0.4 is 15.5 Å². The molecule has 0 aliphatic heterocycles. The monoisotopic (exact) mass is 556 g/mol. The lowest BCUT2D eigenvalue weighted by Gasteiger charge is -2.50. The summed E-state index contributed by atoms with van der Waals surface area (Å²) in [6, 6.07) is 0.798. The Morgan fingerprint density at radius 3 is 2.05 bits per heavy atom. The van der Waals surface area contributed by atoms with Gasteiger partial charge >= 0.3 is 0 Å². The van der Waals surface area contributed by atoms with Crippen LogP contribution in [0.2, 0.25) is 0 Å². The van der Waals surface area contributed by atoms with E-state index in [1.807, 2.05) is 38.7 Å². The van der Waals surface area contributed by atoms with Crippen molar-refractivity contribution in [3.05, 3.63) is 34.1 Å². The van der Waals surface area contributed by atoms with Gasteiger partial charge in [0, 0.05) is 43.4 Å². The van der Waals surface area contributed by atoms with Gasteiger partial charge in [0.1, 0.15) is 22.8 Å². The highest BCUT2D eigenvalue weighted by Gasteiger charge is 2.64. The molecule has 11 nitrogen and oxygen atoms in total. The van der Waals surface area contributed by atoms with Crippen LogP contribution in [-0.2, 0) is 20.8 Å². The first-order chi connectivity index (χ1) is 18.8. The van der Waals surface area contributed by atoms with E-state index in [4.69, 9.17) is 5.73 Å². The zero-order chi connectivity index (χ0) is 29.8. The second-order valence-electron chi connectivity index (χ2n) is 10.9. The second kappa shape index (κ2) is 10.4. The fourth-order valence-electron chi connectivity index (χ4n) is 6.93. The van der Waals surface area contributed by atoms with E-state index in [1.165, 1.54) is 4.90 Å². The Bertz CT molecular complexity index is 1330. The number of phenolic OH excluding ortho intramolecular Hbond substituents is 1. The second-order valence-corrected chi connectivity index (χ2v) is 10.9. The number of amides is 1. The number of phenols is 1. The number of aliphatic hydroxyl groups excluding tert-OH is 2. The average Bonchev–Trinajstić information content (AvgIpc) is 2.89. The number of aromatic hydroxyl groups is 1. The molecule has 0 spiro atoms. The van der Waals surface area contributed by atoms with E-state index in [0.29, 0.717) is 37.4 Å². The summed E-state index contributed by atoms with van der Waals surface area (Å²) in [5, 5.41) is 46.0. The fraction of sp³-hybridized carbons (Fsp3) is 0.552. The smallest absolute Gasteiger partial charge is 0.255 e. The quantitative estimate of drug-likeness (QED) is 0.297. The zero-order valence-corrected chi connectivity index (χ0v) is 24.0. The van der Waals surface area contributed by atoms with Crippen LogP contribution in [0.15, 0.2) is 23.0 Å². The van der Waals surface area contributed by atoms with E-state index in [0.717, 1.165) is 5.69 Å². The molecule has 0 heterocycles. The number of ketones is 2. The van der Waals surface area contributed by atoms with Gasteiger partial charge in [0.05, 0.1) is 17.3 Å². The summed E-state index contributed by atoms with van der Waals surface area (Å²) >= 11 is 0. The molecule has 218 valence electrons. The number of anilines is 2. The van der Waals surface area contributed by atoms with Crippen molar-refractivity contribution in [2.24, 2.45) is 17.6 Å². The summed E-state index contributed by atoms with van der Waals surface area (Å²) in [7, 11) is 3.16. The maximum Gasteiger partial charge on any atom is 0.255 e. The van der Waals surface area contributed by atoms with Gasteiger partial charge in [-0.2, -0.15) is 0 Å². The van der Waals surface area contributed by atoms with Crippen molar-refractivity contribution in [2.45, 2.75) is 52.2 Å². The van der Waals surface area contributed by atoms with Gasteiger partial charge in [-0.15, -0.1) is 0 Å². The van der Waals surface area contributed by atoms with Crippen LogP contribution in [0.1, 0.15) is 45.2 Å². The normalized spacial score (nSPS) is 26.1. The van der Waals surface area contributed by atoms with Gasteiger partial charge in [0.2, 0.25) is 5.78 Å². The van der Waals surface area contributed by atoms with Crippen LogP contribution in [0.5, 0.6) is 5.75 Å². The van der Waals surface area contributed by atoms with E-state index in [2.05, 4.69) is 4.90 Å². The highest BCUT2D eigenvalue weighted by atomic mass is 16.3. The number of fused-ring (bicyclic) bond motifs is 3. The van der Waals surface area contributed by atoms with E-state index in [-0.39, 0.29) is 29.7 Å². The highest BCUT2D eigenvalue weighted by molar-refractivity contribution is 6.24. The number of carbonyl (C=O) groups is 3. The van der Waals surface area contributed by atoms with Gasteiger partial charge in [0.25, 0.3) is 5.91 Å². The third-order valence-corrected chi connectivity index (χ3v) is 8.89. The molecular weight excluding hydrogens is 516 g/mol. The van der Waals surface area contributed by atoms with Crippen LogP contribution >= 0.6 is 0 Å². The lowest BCUT2D eigenvalue weighted by molar-refractivity contribution is -0.153. The number of hydrogen-bond donors (Lipinski definition) is 5. The number of aliphatic hydroxyl groups is 3. The predicted molar refractivity (Wildman–Crippen MR) is 151 cm³/mol. The number of primary amides is 1. The molecule has 1 fully saturated rings. The molecule has 4 rings (SSSR count). The summed E-state index contributed by atoms with van der Waals surface area (Å²) in [4.78, 5) is 45.1. The van der Waals surface area contributed by atoms with E-state index < -0.39 is 58.0 Å². The standard InChI is InChI=1S/C29H40N4O7/c1-7-32(8-2)17-13-18(33(9-3)10-4)23(34)20-15(17)11-14-12-16-22(31(5)6)25(36)21(28(30)39)27(38)29(16,40)26(37)19(14)24(20)35/h13-14,16,22,34-35,38,40H,7-12H2,1-6H3,(H2,30,39)/t14-,16-,22-,29-/m0/s1. The first-order valence-electron chi connectivity index (χ1n) is 13.8. The zero-order valence-electron chi connectivity index (χ0n) is 24.0. The molecule has 11 heteroatoms. The number of Topliss-reactive ketones (excluding diaryl/α,β-unsaturated/α-hetero) is 2. The lowest BCUT2D eigenvalue weighted by Crippen LogP contribution is -2.65. The third kappa shape index (κ3) is 3.97. The van der Waals surface area contributed by atoms with Crippen LogP contribution in [-0.4, -0.2) is 94.7 Å². The summed E-state index contributed by atoms with van der Waals surface area (Å²) in [6.45, 7) is 10.4. The molecule has 40 heavy (non-hydrogen) atoms. The minimum Gasteiger partial charge on any atom is -0.508 e. The maximum atomic E-state index is 14.1. The average molecular weight is 557 g/mol. The largest absolute Gasteiger partial charge is 0.508 e. The van der Waals surface area contributed by atoms with Crippen molar-refractivity contribution in [1.29, 1.82) is 0 Å². The minimum atomic E-state index is -2.65. The third-order valence-electron chi connectivity index (χ3n) is 8.89. The molecule has 3 aliphatic carbocycles. The highest BCUT2D eigenvalue weighted by Crippen LogP contribution is 2.55. The molecule has 1 aromatic carbocycles. The maximum absolute atomic E-state index is 14.1.